The van der Waals surface area contributed by atoms with Crippen molar-refractivity contribution in [1.29, 1.82) is 0 Å². The zero-order valence-electron chi connectivity index (χ0n) is 10.7. The molecule has 2 rings (SSSR count). The van der Waals surface area contributed by atoms with Gasteiger partial charge in [-0.15, -0.1) is 0 Å². The number of aliphatic hydroxyl groups is 1. The molecule has 0 aliphatic carbocycles. The lowest BCUT2D eigenvalue weighted by atomic mass is 10.1. The van der Waals surface area contributed by atoms with Crippen molar-refractivity contribution >= 4 is 11.6 Å². The normalized spacial score (nSPS) is 12.1. The number of aliphatic hydroxyl groups excluding tert-OH is 1. The summed E-state index contributed by atoms with van der Waals surface area (Å²) in [6.07, 6.45) is 1.67. The van der Waals surface area contributed by atoms with Crippen molar-refractivity contribution in [2.45, 2.75) is 6.04 Å². The Bertz CT molecular complexity index is 563. The van der Waals surface area contributed by atoms with E-state index in [1.165, 1.54) is 0 Å². The van der Waals surface area contributed by atoms with Gasteiger partial charge in [-0.25, -0.2) is 0 Å². The number of nitrogens with zero attached hydrogens (tertiary/aromatic N) is 1. The van der Waals surface area contributed by atoms with E-state index in [1.54, 1.807) is 23.9 Å². The molecule has 5 heteroatoms. The van der Waals surface area contributed by atoms with Gasteiger partial charge in [0, 0.05) is 13.2 Å². The van der Waals surface area contributed by atoms with Gasteiger partial charge < -0.3 is 20.7 Å². The maximum Gasteiger partial charge on any atom is 0.268 e. The van der Waals surface area contributed by atoms with Crippen LogP contribution in [0.1, 0.15) is 22.1 Å². The lowest BCUT2D eigenvalue weighted by molar-refractivity contribution is 0.0908. The van der Waals surface area contributed by atoms with Gasteiger partial charge in [0.1, 0.15) is 5.69 Å². The Morgan fingerprint density at radius 2 is 2.11 bits per heavy atom. The van der Waals surface area contributed by atoms with Crippen molar-refractivity contribution in [2.75, 3.05) is 12.3 Å². The zero-order valence-corrected chi connectivity index (χ0v) is 10.7. The fraction of sp³-hybridized carbons (Fsp3) is 0.214. The van der Waals surface area contributed by atoms with Gasteiger partial charge in [0.25, 0.3) is 5.91 Å². The summed E-state index contributed by atoms with van der Waals surface area (Å²) >= 11 is 0. The molecule has 100 valence electrons. The highest BCUT2D eigenvalue weighted by Crippen LogP contribution is 2.14. The van der Waals surface area contributed by atoms with E-state index in [4.69, 9.17) is 5.73 Å². The highest BCUT2D eigenvalue weighted by Gasteiger charge is 2.17. The number of carbonyl (C=O) groups is 1. The second-order valence-corrected chi connectivity index (χ2v) is 4.39. The Hall–Kier alpha value is -2.27. The summed E-state index contributed by atoms with van der Waals surface area (Å²) in [7, 11) is 1.75. The summed E-state index contributed by atoms with van der Waals surface area (Å²) in [5.41, 5.74) is 7.50. The molecule has 0 spiro atoms. The summed E-state index contributed by atoms with van der Waals surface area (Å²) in [6, 6.07) is 10.5. The van der Waals surface area contributed by atoms with E-state index in [0.29, 0.717) is 11.4 Å². The highest BCUT2D eigenvalue weighted by atomic mass is 16.3. The molecule has 0 bridgehead atoms. The number of nitrogens with two attached hydrogens (primary N) is 1. The van der Waals surface area contributed by atoms with E-state index in [2.05, 4.69) is 5.32 Å². The number of carbonyl (C=O) groups excluding carboxylic acids is 1. The van der Waals surface area contributed by atoms with E-state index in [0.717, 1.165) is 5.56 Å². The second-order valence-electron chi connectivity index (χ2n) is 4.39. The summed E-state index contributed by atoms with van der Waals surface area (Å²) in [5, 5.41) is 12.2. The first-order valence-electron chi connectivity index (χ1n) is 6.00. The Morgan fingerprint density at radius 1 is 1.42 bits per heavy atom. The van der Waals surface area contributed by atoms with Gasteiger partial charge in [-0.3, -0.25) is 4.79 Å². The molecule has 0 unspecified atom stereocenters. The van der Waals surface area contributed by atoms with E-state index in [-0.39, 0.29) is 12.5 Å². The van der Waals surface area contributed by atoms with Crippen LogP contribution in [-0.4, -0.2) is 22.2 Å². The van der Waals surface area contributed by atoms with Crippen molar-refractivity contribution in [3.8, 4) is 0 Å². The lowest BCUT2D eigenvalue weighted by Gasteiger charge is -2.16. The van der Waals surface area contributed by atoms with Crippen molar-refractivity contribution < 1.29 is 9.90 Å². The maximum absolute atomic E-state index is 12.1. The standard InChI is InChI=1S/C14H17N3O2/c1-17-8-11(15)7-13(17)14(19)16-12(9-18)10-5-3-2-4-6-10/h2-8,12,18H,9,15H2,1H3,(H,16,19)/t12-/m0/s1. The zero-order chi connectivity index (χ0) is 13.8. The van der Waals surface area contributed by atoms with E-state index in [9.17, 15) is 9.90 Å². The first-order chi connectivity index (χ1) is 9.11. The number of nitrogens with one attached hydrogen (secondary N) is 1. The molecule has 1 atom stereocenters. The number of aromatic nitrogens is 1. The maximum atomic E-state index is 12.1. The minimum absolute atomic E-state index is 0.157. The number of hydrogen-bond donors (Lipinski definition) is 3. The number of nitrogen functional groups attached to an aromatic ring is 1. The van der Waals surface area contributed by atoms with Crippen LogP contribution in [0, 0.1) is 0 Å². The fourth-order valence-electron chi connectivity index (χ4n) is 1.97. The Balaban J connectivity index is 2.15. The van der Waals surface area contributed by atoms with Gasteiger partial charge in [-0.1, -0.05) is 30.3 Å². The van der Waals surface area contributed by atoms with Gasteiger partial charge in [0.15, 0.2) is 0 Å². The Labute approximate surface area is 111 Å². The average molecular weight is 259 g/mol. The highest BCUT2D eigenvalue weighted by molar-refractivity contribution is 5.94. The molecule has 0 aliphatic heterocycles. The number of aryl methyl sites for hydroxylation is 1. The second kappa shape index (κ2) is 5.58. The van der Waals surface area contributed by atoms with Crippen LogP contribution in [-0.2, 0) is 7.05 Å². The third-order valence-corrected chi connectivity index (χ3v) is 2.95. The molecule has 5 nitrogen and oxygen atoms in total. The van der Waals surface area contributed by atoms with Crippen LogP contribution in [0.15, 0.2) is 42.6 Å². The van der Waals surface area contributed by atoms with Gasteiger partial charge in [-0.05, 0) is 11.6 Å². The van der Waals surface area contributed by atoms with E-state index in [1.807, 2.05) is 30.3 Å². The fourth-order valence-corrected chi connectivity index (χ4v) is 1.97. The minimum atomic E-state index is -0.426. The van der Waals surface area contributed by atoms with Crippen LogP contribution < -0.4 is 11.1 Å². The van der Waals surface area contributed by atoms with E-state index >= 15 is 0 Å². The molecule has 0 fully saturated rings. The summed E-state index contributed by atoms with van der Waals surface area (Å²) in [5.74, 6) is -0.262. The van der Waals surface area contributed by atoms with Crippen LogP contribution in [0.25, 0.3) is 0 Å². The summed E-state index contributed by atoms with van der Waals surface area (Å²) in [4.78, 5) is 12.1. The first kappa shape index (κ1) is 13.2. The molecule has 1 aromatic carbocycles. The molecule has 2 aromatic rings. The smallest absolute Gasteiger partial charge is 0.268 e. The third kappa shape index (κ3) is 2.95. The molecular weight excluding hydrogens is 242 g/mol. The van der Waals surface area contributed by atoms with Crippen molar-refractivity contribution in [2.24, 2.45) is 7.05 Å². The number of hydrogen-bond acceptors (Lipinski definition) is 3. The van der Waals surface area contributed by atoms with Crippen molar-refractivity contribution in [1.82, 2.24) is 9.88 Å². The predicted octanol–water partition coefficient (Wildman–Crippen LogP) is 1.07. The van der Waals surface area contributed by atoms with Crippen LogP contribution in [0.5, 0.6) is 0 Å². The number of rotatable bonds is 4. The van der Waals surface area contributed by atoms with Crippen LogP contribution in [0.4, 0.5) is 5.69 Å². The van der Waals surface area contributed by atoms with Crippen molar-refractivity contribution in [3.05, 3.63) is 53.9 Å². The van der Waals surface area contributed by atoms with Gasteiger partial charge in [-0.2, -0.15) is 0 Å². The molecule has 1 heterocycles. The monoisotopic (exact) mass is 259 g/mol. The molecule has 1 amide bonds. The van der Waals surface area contributed by atoms with Gasteiger partial charge in [0.2, 0.25) is 0 Å². The molecule has 0 radical (unpaired) electrons. The minimum Gasteiger partial charge on any atom is -0.397 e. The Kier molecular flexibility index (Phi) is 3.87. The number of benzene rings is 1. The Morgan fingerprint density at radius 3 is 2.63 bits per heavy atom. The molecule has 0 saturated heterocycles. The predicted molar refractivity (Wildman–Crippen MR) is 73.6 cm³/mol. The first-order valence-corrected chi connectivity index (χ1v) is 6.00. The van der Waals surface area contributed by atoms with Crippen LogP contribution >= 0.6 is 0 Å². The third-order valence-electron chi connectivity index (χ3n) is 2.95. The number of anilines is 1. The molecule has 4 N–H and O–H groups in total. The SMILES string of the molecule is Cn1cc(N)cc1C(=O)N[C@@H](CO)c1ccccc1. The van der Waals surface area contributed by atoms with Crippen LogP contribution in [0.2, 0.25) is 0 Å². The summed E-state index contributed by atoms with van der Waals surface area (Å²) in [6.45, 7) is -0.157. The quantitative estimate of drug-likeness (QED) is 0.768. The van der Waals surface area contributed by atoms with Gasteiger partial charge in [0.05, 0.1) is 18.3 Å². The number of amides is 1. The molecule has 0 saturated carbocycles. The average Bonchev–Trinajstić information content (AvgIpc) is 2.76. The largest absolute Gasteiger partial charge is 0.397 e. The van der Waals surface area contributed by atoms with Crippen LogP contribution in [0.3, 0.4) is 0 Å². The molecule has 1 aromatic heterocycles. The topological polar surface area (TPSA) is 80.3 Å². The molecule has 0 aliphatic rings. The molecular formula is C14H17N3O2. The van der Waals surface area contributed by atoms with Crippen molar-refractivity contribution in [3.63, 3.8) is 0 Å². The van der Waals surface area contributed by atoms with Gasteiger partial charge >= 0.3 is 0 Å². The van der Waals surface area contributed by atoms with E-state index < -0.39 is 6.04 Å². The summed E-state index contributed by atoms with van der Waals surface area (Å²) < 4.78 is 1.66. The lowest BCUT2D eigenvalue weighted by Crippen LogP contribution is -2.31. The molecule has 19 heavy (non-hydrogen) atoms.